The smallest absolute Gasteiger partial charge is 0.0960 e. The molecular weight excluding hydrogens is 262 g/mol. The highest BCUT2D eigenvalue weighted by Crippen LogP contribution is 2.52. The van der Waals surface area contributed by atoms with Gasteiger partial charge in [0.15, 0.2) is 0 Å². The lowest BCUT2D eigenvalue weighted by Crippen LogP contribution is -2.33. The Morgan fingerprint density at radius 2 is 2.00 bits per heavy atom. The van der Waals surface area contributed by atoms with Crippen LogP contribution in [-0.4, -0.2) is 0 Å². The third-order valence-electron chi connectivity index (χ3n) is 4.26. The van der Waals surface area contributed by atoms with Crippen molar-refractivity contribution in [2.45, 2.75) is 58.9 Å². The molecule has 1 aliphatic rings. The molecule has 1 nitrogen and oxygen atoms in total. The van der Waals surface area contributed by atoms with Gasteiger partial charge in [0.2, 0.25) is 0 Å². The molecule has 1 aliphatic carbocycles. The van der Waals surface area contributed by atoms with Crippen LogP contribution in [0.3, 0.4) is 0 Å². The van der Waals surface area contributed by atoms with E-state index in [0.29, 0.717) is 11.3 Å². The van der Waals surface area contributed by atoms with Gasteiger partial charge < -0.3 is 5.73 Å². The van der Waals surface area contributed by atoms with E-state index >= 15 is 0 Å². The molecule has 0 radical (unpaired) electrons. The van der Waals surface area contributed by atoms with Gasteiger partial charge in [0.1, 0.15) is 0 Å². The Hall–Kier alpha value is -0.0500. The number of hydrogen-bond acceptors (Lipinski definition) is 2. The quantitative estimate of drug-likeness (QED) is 0.796. The van der Waals surface area contributed by atoms with Gasteiger partial charge in [-0.3, -0.25) is 0 Å². The summed E-state index contributed by atoms with van der Waals surface area (Å²) in [6.45, 7) is 6.68. The van der Waals surface area contributed by atoms with Crippen molar-refractivity contribution in [3.8, 4) is 0 Å². The minimum Gasteiger partial charge on any atom is -0.323 e. The predicted octanol–water partition coefficient (Wildman–Crippen LogP) is 5.32. The van der Waals surface area contributed by atoms with Gasteiger partial charge in [0.25, 0.3) is 0 Å². The standard InChI is InChI=1S/C15H24ClNS/c1-10(2)9-15(6-4-5-7-15)13(17)12-8-11(3)14(16)18-12/h8,10,13H,4-7,9,17H2,1-3H3. The zero-order valence-corrected chi connectivity index (χ0v) is 13.2. The minimum atomic E-state index is 0.165. The molecule has 0 bridgehead atoms. The topological polar surface area (TPSA) is 26.0 Å². The number of nitrogens with two attached hydrogens (primary N) is 1. The molecule has 1 aromatic heterocycles. The average Bonchev–Trinajstić information content (AvgIpc) is 2.86. The van der Waals surface area contributed by atoms with Crippen molar-refractivity contribution in [2.75, 3.05) is 0 Å². The first-order valence-corrected chi connectivity index (χ1v) is 8.15. The number of thiophene rings is 1. The Kier molecular flexibility index (Phi) is 4.40. The summed E-state index contributed by atoms with van der Waals surface area (Å²) in [5, 5.41) is 0. The van der Waals surface area contributed by atoms with Crippen LogP contribution in [0.4, 0.5) is 0 Å². The number of halogens is 1. The van der Waals surface area contributed by atoms with Crippen LogP contribution in [0.15, 0.2) is 6.07 Å². The van der Waals surface area contributed by atoms with Crippen molar-refractivity contribution in [3.05, 3.63) is 20.8 Å². The van der Waals surface area contributed by atoms with Crippen LogP contribution in [0.1, 0.15) is 62.4 Å². The summed E-state index contributed by atoms with van der Waals surface area (Å²) in [6.07, 6.45) is 6.46. The highest BCUT2D eigenvalue weighted by atomic mass is 35.5. The molecule has 102 valence electrons. The van der Waals surface area contributed by atoms with Crippen LogP contribution < -0.4 is 5.73 Å². The van der Waals surface area contributed by atoms with Gasteiger partial charge in [-0.25, -0.2) is 0 Å². The highest BCUT2D eigenvalue weighted by Gasteiger charge is 2.41. The lowest BCUT2D eigenvalue weighted by Gasteiger charge is -2.36. The molecule has 2 rings (SSSR count). The molecule has 1 atom stereocenters. The number of hydrogen-bond donors (Lipinski definition) is 1. The van der Waals surface area contributed by atoms with Gasteiger partial charge in [-0.2, -0.15) is 0 Å². The van der Waals surface area contributed by atoms with E-state index in [1.807, 2.05) is 0 Å². The first-order valence-electron chi connectivity index (χ1n) is 6.96. The van der Waals surface area contributed by atoms with E-state index in [-0.39, 0.29) is 6.04 Å². The third-order valence-corrected chi connectivity index (χ3v) is 5.89. The molecule has 0 aliphatic heterocycles. The first kappa shape index (κ1) is 14.4. The fourth-order valence-electron chi connectivity index (χ4n) is 3.47. The van der Waals surface area contributed by atoms with E-state index in [2.05, 4.69) is 26.8 Å². The zero-order valence-electron chi connectivity index (χ0n) is 11.6. The van der Waals surface area contributed by atoms with Gasteiger partial charge in [-0.15, -0.1) is 11.3 Å². The molecule has 0 saturated heterocycles. The Morgan fingerprint density at radius 3 is 2.44 bits per heavy atom. The van der Waals surface area contributed by atoms with Crippen LogP contribution in [0.25, 0.3) is 0 Å². The fraction of sp³-hybridized carbons (Fsp3) is 0.733. The van der Waals surface area contributed by atoms with Crippen molar-refractivity contribution in [2.24, 2.45) is 17.1 Å². The lowest BCUT2D eigenvalue weighted by atomic mass is 9.72. The second-order valence-corrected chi connectivity index (χ2v) is 7.94. The second-order valence-electron chi connectivity index (χ2n) is 6.25. The normalized spacial score (nSPS) is 20.6. The van der Waals surface area contributed by atoms with E-state index in [1.165, 1.54) is 42.5 Å². The van der Waals surface area contributed by atoms with Crippen LogP contribution >= 0.6 is 22.9 Å². The van der Waals surface area contributed by atoms with E-state index in [9.17, 15) is 0 Å². The lowest BCUT2D eigenvalue weighted by molar-refractivity contribution is 0.185. The molecule has 1 aromatic rings. The molecule has 0 amide bonds. The first-order chi connectivity index (χ1) is 8.44. The summed E-state index contributed by atoms with van der Waals surface area (Å²) in [5.74, 6) is 0.714. The van der Waals surface area contributed by atoms with Crippen molar-refractivity contribution in [1.29, 1.82) is 0 Å². The van der Waals surface area contributed by atoms with Crippen molar-refractivity contribution in [3.63, 3.8) is 0 Å². The summed E-state index contributed by atoms with van der Waals surface area (Å²) in [4.78, 5) is 1.28. The van der Waals surface area contributed by atoms with Crippen LogP contribution in [0.5, 0.6) is 0 Å². The molecule has 1 saturated carbocycles. The summed E-state index contributed by atoms with van der Waals surface area (Å²) >= 11 is 7.87. The maximum Gasteiger partial charge on any atom is 0.0960 e. The summed E-state index contributed by atoms with van der Waals surface area (Å²) in [5.41, 5.74) is 8.10. The van der Waals surface area contributed by atoms with E-state index < -0.39 is 0 Å². The van der Waals surface area contributed by atoms with Crippen molar-refractivity contribution in [1.82, 2.24) is 0 Å². The number of rotatable bonds is 4. The predicted molar refractivity (Wildman–Crippen MR) is 81.4 cm³/mol. The maximum atomic E-state index is 6.62. The third kappa shape index (κ3) is 2.76. The van der Waals surface area contributed by atoms with Gasteiger partial charge >= 0.3 is 0 Å². The minimum absolute atomic E-state index is 0.165. The molecule has 18 heavy (non-hydrogen) atoms. The summed E-state index contributed by atoms with van der Waals surface area (Å²) in [6, 6.07) is 2.36. The molecule has 1 unspecified atom stereocenters. The van der Waals surface area contributed by atoms with Gasteiger partial charge in [0.05, 0.1) is 4.34 Å². The van der Waals surface area contributed by atoms with E-state index in [4.69, 9.17) is 17.3 Å². The monoisotopic (exact) mass is 285 g/mol. The fourth-order valence-corrected chi connectivity index (χ4v) is 4.83. The van der Waals surface area contributed by atoms with Crippen LogP contribution in [0.2, 0.25) is 4.34 Å². The largest absolute Gasteiger partial charge is 0.323 e. The number of aryl methyl sites for hydroxylation is 1. The van der Waals surface area contributed by atoms with Gasteiger partial charge in [-0.05, 0) is 49.1 Å². The Bertz CT molecular complexity index is 385. The highest BCUT2D eigenvalue weighted by molar-refractivity contribution is 7.16. The summed E-state index contributed by atoms with van der Waals surface area (Å²) < 4.78 is 0.901. The molecule has 2 N–H and O–H groups in total. The average molecular weight is 286 g/mol. The molecule has 0 aromatic carbocycles. The summed E-state index contributed by atoms with van der Waals surface area (Å²) in [7, 11) is 0. The molecule has 1 heterocycles. The molecule has 0 spiro atoms. The second kappa shape index (κ2) is 5.52. The van der Waals surface area contributed by atoms with Crippen LogP contribution in [-0.2, 0) is 0 Å². The zero-order chi connectivity index (χ0) is 13.3. The Morgan fingerprint density at radius 1 is 1.39 bits per heavy atom. The van der Waals surface area contributed by atoms with E-state index in [0.717, 1.165) is 4.34 Å². The van der Waals surface area contributed by atoms with Crippen LogP contribution in [0, 0.1) is 18.3 Å². The molecule has 3 heteroatoms. The Balaban J connectivity index is 2.25. The molecule has 1 fully saturated rings. The van der Waals surface area contributed by atoms with Crippen molar-refractivity contribution >= 4 is 22.9 Å². The molecular formula is C15H24ClNS. The van der Waals surface area contributed by atoms with Gasteiger partial charge in [0, 0.05) is 10.9 Å². The SMILES string of the molecule is Cc1cc(C(N)C2(CC(C)C)CCCC2)sc1Cl. The van der Waals surface area contributed by atoms with Gasteiger partial charge in [-0.1, -0.05) is 38.3 Å². The Labute approximate surface area is 120 Å². The van der Waals surface area contributed by atoms with E-state index in [1.54, 1.807) is 11.3 Å². The maximum absolute atomic E-state index is 6.62. The van der Waals surface area contributed by atoms with Crippen molar-refractivity contribution < 1.29 is 0 Å².